The van der Waals surface area contributed by atoms with Gasteiger partial charge in [-0.3, -0.25) is 10.2 Å². The molecule has 1 rings (SSSR count). The van der Waals surface area contributed by atoms with Crippen molar-refractivity contribution in [2.75, 3.05) is 13.7 Å². The molecular weight excluding hydrogens is 200 g/mol. The van der Waals surface area contributed by atoms with Crippen LogP contribution >= 0.6 is 0 Å². The molecule has 15 heavy (non-hydrogen) atoms. The van der Waals surface area contributed by atoms with Crippen molar-refractivity contribution in [2.45, 2.75) is 39.0 Å². The van der Waals surface area contributed by atoms with Gasteiger partial charge in [0.25, 0.3) is 0 Å². The van der Waals surface area contributed by atoms with Gasteiger partial charge in [0.1, 0.15) is 5.60 Å². The fourth-order valence-electron chi connectivity index (χ4n) is 1.09. The highest BCUT2D eigenvalue weighted by Crippen LogP contribution is 2.10. The highest BCUT2D eigenvalue weighted by Gasteiger charge is 2.23. The van der Waals surface area contributed by atoms with E-state index in [-0.39, 0.29) is 0 Å². The summed E-state index contributed by atoms with van der Waals surface area (Å²) in [5, 5.41) is 3.83. The molecule has 1 fully saturated rings. The van der Waals surface area contributed by atoms with Gasteiger partial charge in [-0.2, -0.15) is 0 Å². The van der Waals surface area contributed by atoms with Crippen molar-refractivity contribution in [3.05, 3.63) is 0 Å². The van der Waals surface area contributed by atoms with E-state index in [0.717, 1.165) is 0 Å². The number of hydrogen-bond donors (Lipinski definition) is 1. The largest absolute Gasteiger partial charge is 0.444 e. The second-order valence-corrected chi connectivity index (χ2v) is 4.30. The number of rotatable bonds is 1. The number of carbonyl (C=O) groups is 1. The van der Waals surface area contributed by atoms with Crippen LogP contribution < -0.4 is 5.32 Å². The van der Waals surface area contributed by atoms with Gasteiger partial charge in [-0.25, -0.2) is 9.63 Å². The van der Waals surface area contributed by atoms with Crippen molar-refractivity contribution < 1.29 is 19.2 Å². The lowest BCUT2D eigenvalue weighted by Gasteiger charge is -2.29. The molecule has 0 aromatic heterocycles. The van der Waals surface area contributed by atoms with E-state index in [1.54, 1.807) is 7.05 Å². The highest BCUT2D eigenvalue weighted by molar-refractivity contribution is 5.67. The van der Waals surface area contributed by atoms with Gasteiger partial charge in [0.05, 0.1) is 6.61 Å². The fourth-order valence-corrected chi connectivity index (χ4v) is 1.09. The van der Waals surface area contributed by atoms with Gasteiger partial charge in [0.2, 0.25) is 0 Å². The minimum Gasteiger partial charge on any atom is -0.444 e. The molecule has 1 saturated heterocycles. The molecule has 1 aliphatic heterocycles. The molecule has 1 heterocycles. The lowest BCUT2D eigenvalue weighted by molar-refractivity contribution is -0.403. The summed E-state index contributed by atoms with van der Waals surface area (Å²) in [7, 11) is 1.63. The van der Waals surface area contributed by atoms with Crippen LogP contribution in [0.4, 0.5) is 4.79 Å². The smallest absolute Gasteiger partial charge is 0.409 e. The average molecular weight is 218 g/mol. The number of nitrogens with one attached hydrogen (secondary N) is 1. The number of hydroxylamine groups is 2. The zero-order chi connectivity index (χ0) is 11.5. The zero-order valence-corrected chi connectivity index (χ0v) is 9.57. The van der Waals surface area contributed by atoms with Crippen LogP contribution in [0.2, 0.25) is 0 Å². The van der Waals surface area contributed by atoms with Gasteiger partial charge in [0.15, 0.2) is 6.23 Å². The van der Waals surface area contributed by atoms with E-state index in [9.17, 15) is 4.79 Å². The van der Waals surface area contributed by atoms with Gasteiger partial charge >= 0.3 is 6.09 Å². The maximum absolute atomic E-state index is 11.4. The second kappa shape index (κ2) is 4.78. The van der Waals surface area contributed by atoms with Gasteiger partial charge in [-0.15, -0.1) is 0 Å². The molecule has 1 aliphatic rings. The SMILES string of the molecule is CN1OCCC(NC(=O)OC(C)(C)C)O1. The normalized spacial score (nSPS) is 23.6. The number of hydrogen-bond acceptors (Lipinski definition) is 5. The molecule has 1 N–H and O–H groups in total. The Morgan fingerprint density at radius 3 is 2.73 bits per heavy atom. The van der Waals surface area contributed by atoms with Crippen molar-refractivity contribution in [2.24, 2.45) is 0 Å². The predicted molar refractivity (Wildman–Crippen MR) is 52.6 cm³/mol. The molecule has 88 valence electrons. The first-order valence-corrected chi connectivity index (χ1v) is 4.90. The molecule has 0 bridgehead atoms. The number of carbonyl (C=O) groups excluding carboxylic acids is 1. The molecule has 0 aliphatic carbocycles. The molecule has 1 unspecified atom stereocenters. The van der Waals surface area contributed by atoms with Crippen LogP contribution in [0, 0.1) is 0 Å². The summed E-state index contributed by atoms with van der Waals surface area (Å²) in [4.78, 5) is 21.5. The second-order valence-electron chi connectivity index (χ2n) is 4.30. The van der Waals surface area contributed by atoms with Gasteiger partial charge in [-0.05, 0) is 20.8 Å². The van der Waals surface area contributed by atoms with Gasteiger partial charge < -0.3 is 4.74 Å². The Kier molecular flexibility index (Phi) is 3.90. The van der Waals surface area contributed by atoms with Crippen LogP contribution in [0.25, 0.3) is 0 Å². The van der Waals surface area contributed by atoms with E-state index in [2.05, 4.69) is 5.32 Å². The van der Waals surface area contributed by atoms with Crippen LogP contribution in [0.3, 0.4) is 0 Å². The molecule has 0 saturated carbocycles. The number of amides is 1. The third kappa shape index (κ3) is 4.96. The molecular formula is C9H18N2O4. The van der Waals surface area contributed by atoms with E-state index in [4.69, 9.17) is 14.4 Å². The van der Waals surface area contributed by atoms with E-state index in [1.807, 2.05) is 20.8 Å². The molecule has 0 aromatic rings. The highest BCUT2D eigenvalue weighted by atomic mass is 17.0. The first kappa shape index (κ1) is 12.2. The first-order valence-electron chi connectivity index (χ1n) is 4.90. The van der Waals surface area contributed by atoms with E-state index < -0.39 is 17.9 Å². The van der Waals surface area contributed by atoms with E-state index >= 15 is 0 Å². The summed E-state index contributed by atoms with van der Waals surface area (Å²) >= 11 is 0. The predicted octanol–water partition coefficient (Wildman–Crippen LogP) is 1.04. The summed E-state index contributed by atoms with van der Waals surface area (Å²) in [6, 6.07) is 0. The maximum atomic E-state index is 11.4. The molecule has 1 amide bonds. The van der Waals surface area contributed by atoms with Crippen LogP contribution in [0.15, 0.2) is 0 Å². The Balaban J connectivity index is 2.31. The first-order chi connectivity index (χ1) is 6.87. The van der Waals surface area contributed by atoms with Crippen molar-refractivity contribution in [1.29, 1.82) is 0 Å². The summed E-state index contributed by atoms with van der Waals surface area (Å²) < 4.78 is 5.09. The summed E-state index contributed by atoms with van der Waals surface area (Å²) in [5.41, 5.74) is -0.499. The zero-order valence-electron chi connectivity index (χ0n) is 9.57. The Bertz CT molecular complexity index is 227. The molecule has 0 radical (unpaired) electrons. The van der Waals surface area contributed by atoms with Crippen LogP contribution in [-0.4, -0.2) is 36.8 Å². The van der Waals surface area contributed by atoms with E-state index in [0.29, 0.717) is 13.0 Å². The summed E-state index contributed by atoms with van der Waals surface area (Å²) in [6.07, 6.45) is -0.273. The van der Waals surface area contributed by atoms with Crippen molar-refractivity contribution in [3.63, 3.8) is 0 Å². The summed E-state index contributed by atoms with van der Waals surface area (Å²) in [5.74, 6) is 0. The third-order valence-corrected chi connectivity index (χ3v) is 1.61. The van der Waals surface area contributed by atoms with Crippen molar-refractivity contribution in [1.82, 2.24) is 10.5 Å². The Labute approximate surface area is 89.4 Å². The van der Waals surface area contributed by atoms with Crippen LogP contribution in [0.1, 0.15) is 27.2 Å². The number of ether oxygens (including phenoxy) is 1. The van der Waals surface area contributed by atoms with E-state index in [1.165, 1.54) is 5.23 Å². The van der Waals surface area contributed by atoms with Crippen LogP contribution in [-0.2, 0) is 14.4 Å². The van der Waals surface area contributed by atoms with Gasteiger partial charge in [0, 0.05) is 13.5 Å². The lowest BCUT2D eigenvalue weighted by atomic mass is 10.2. The quantitative estimate of drug-likeness (QED) is 0.712. The number of alkyl carbamates (subject to hydrolysis) is 1. The number of nitrogens with zero attached hydrogens (tertiary/aromatic N) is 1. The minimum absolute atomic E-state index is 0.390. The molecule has 0 spiro atoms. The molecule has 6 nitrogen and oxygen atoms in total. The topological polar surface area (TPSA) is 60.0 Å². The molecule has 1 atom stereocenters. The van der Waals surface area contributed by atoms with Crippen LogP contribution in [0.5, 0.6) is 0 Å². The van der Waals surface area contributed by atoms with Crippen molar-refractivity contribution >= 4 is 6.09 Å². The fraction of sp³-hybridized carbons (Fsp3) is 0.889. The van der Waals surface area contributed by atoms with Gasteiger partial charge in [-0.1, -0.05) is 5.23 Å². The summed E-state index contributed by atoms with van der Waals surface area (Å²) in [6.45, 7) is 5.94. The minimum atomic E-state index is -0.499. The average Bonchev–Trinajstić information content (AvgIpc) is 1.99. The standard InChI is InChI=1S/C9H18N2O4/c1-9(2,3)14-8(12)10-7-5-6-13-11(4)15-7/h7H,5-6H2,1-4H3,(H,10,12). The maximum Gasteiger partial charge on any atom is 0.409 e. The van der Waals surface area contributed by atoms with Crippen molar-refractivity contribution in [3.8, 4) is 0 Å². The monoisotopic (exact) mass is 218 g/mol. The molecule has 6 heteroatoms. The Hall–Kier alpha value is -0.850. The Morgan fingerprint density at radius 1 is 1.53 bits per heavy atom. The molecule has 0 aromatic carbocycles. The Morgan fingerprint density at radius 2 is 2.20 bits per heavy atom. The lowest BCUT2D eigenvalue weighted by Crippen LogP contribution is -2.46. The third-order valence-electron chi connectivity index (χ3n) is 1.61.